The molecule has 0 spiro atoms. The van der Waals surface area contributed by atoms with E-state index in [0.29, 0.717) is 35.9 Å². The van der Waals surface area contributed by atoms with Crippen LogP contribution in [0.4, 0.5) is 5.69 Å². The molecule has 8 heteroatoms. The molecule has 30 heavy (non-hydrogen) atoms. The van der Waals surface area contributed by atoms with E-state index in [2.05, 4.69) is 32.9 Å². The average Bonchev–Trinajstić information content (AvgIpc) is 3.44. The van der Waals surface area contributed by atoms with E-state index in [1.54, 1.807) is 12.1 Å². The van der Waals surface area contributed by atoms with E-state index < -0.39 is 0 Å². The summed E-state index contributed by atoms with van der Waals surface area (Å²) < 4.78 is 11.7. The van der Waals surface area contributed by atoms with Gasteiger partial charge in [0.1, 0.15) is 11.5 Å². The number of amides is 1. The number of anilines is 1. The monoisotopic (exact) mass is 407 g/mol. The van der Waals surface area contributed by atoms with Crippen LogP contribution in [0.15, 0.2) is 42.5 Å². The molecule has 1 amide bonds. The van der Waals surface area contributed by atoms with E-state index in [9.17, 15) is 4.79 Å². The fourth-order valence-electron chi connectivity index (χ4n) is 3.44. The van der Waals surface area contributed by atoms with Gasteiger partial charge in [-0.15, -0.1) is 5.10 Å². The number of ether oxygens (including phenoxy) is 2. The fourth-order valence-corrected chi connectivity index (χ4v) is 3.44. The van der Waals surface area contributed by atoms with Gasteiger partial charge in [0, 0.05) is 17.5 Å². The van der Waals surface area contributed by atoms with Crippen LogP contribution in [-0.4, -0.2) is 33.1 Å². The molecule has 2 N–H and O–H groups in total. The van der Waals surface area contributed by atoms with Gasteiger partial charge in [-0.3, -0.25) is 4.79 Å². The van der Waals surface area contributed by atoms with Crippen molar-refractivity contribution in [3.05, 3.63) is 59.4 Å². The number of unbranched alkanes of at least 4 members (excludes halogenated alkanes) is 3. The minimum atomic E-state index is -0.290. The lowest BCUT2D eigenvalue weighted by Crippen LogP contribution is -2.13. The second kappa shape index (κ2) is 9.39. The van der Waals surface area contributed by atoms with Crippen LogP contribution < -0.4 is 14.8 Å². The number of hydrogen-bond acceptors (Lipinski definition) is 6. The Morgan fingerprint density at radius 1 is 1.20 bits per heavy atom. The zero-order valence-corrected chi connectivity index (χ0v) is 16.9. The van der Waals surface area contributed by atoms with E-state index in [0.717, 1.165) is 17.7 Å². The maximum atomic E-state index is 12.7. The van der Waals surface area contributed by atoms with E-state index in [4.69, 9.17) is 9.47 Å². The second-order valence-electron chi connectivity index (χ2n) is 7.28. The third-order valence-electron chi connectivity index (χ3n) is 5.06. The average molecular weight is 407 g/mol. The molecule has 1 aliphatic heterocycles. The Labute approximate surface area is 175 Å². The highest BCUT2D eigenvalue weighted by molar-refractivity contribution is 6.05. The predicted octanol–water partition coefficient (Wildman–Crippen LogP) is 4.09. The van der Waals surface area contributed by atoms with Gasteiger partial charge in [-0.25, -0.2) is 5.10 Å². The first-order valence-electron chi connectivity index (χ1n) is 10.3. The van der Waals surface area contributed by atoms with Gasteiger partial charge in [-0.2, -0.15) is 0 Å². The number of carbonyl (C=O) groups is 1. The highest BCUT2D eigenvalue weighted by atomic mass is 16.5. The number of aromatic amines is 1. The molecule has 8 nitrogen and oxygen atoms in total. The van der Waals surface area contributed by atoms with Crippen molar-refractivity contribution in [3.63, 3.8) is 0 Å². The van der Waals surface area contributed by atoms with Crippen molar-refractivity contribution in [2.45, 2.75) is 45.1 Å². The summed E-state index contributed by atoms with van der Waals surface area (Å²) in [6, 6.07) is 12.9. The number of nitrogens with zero attached hydrogens (tertiary/aromatic N) is 3. The van der Waals surface area contributed by atoms with Gasteiger partial charge in [0.2, 0.25) is 0 Å². The summed E-state index contributed by atoms with van der Waals surface area (Å²) in [5.74, 6) is 1.79. The van der Waals surface area contributed by atoms with Crippen LogP contribution in [0.25, 0.3) is 0 Å². The predicted molar refractivity (Wildman–Crippen MR) is 112 cm³/mol. The Bertz CT molecular complexity index is 973. The Morgan fingerprint density at radius 2 is 2.07 bits per heavy atom. The lowest BCUT2D eigenvalue weighted by molar-refractivity contribution is 0.102. The SMILES string of the molecule is CCCCCCOc1ccc(C(=O)Nc2cccc3c2OC(c2nnn[nH]2)C3)cc1. The van der Waals surface area contributed by atoms with Gasteiger partial charge < -0.3 is 14.8 Å². The molecule has 0 bridgehead atoms. The Kier molecular flexibility index (Phi) is 6.22. The summed E-state index contributed by atoms with van der Waals surface area (Å²) in [5.41, 5.74) is 2.18. The quantitative estimate of drug-likeness (QED) is 0.518. The van der Waals surface area contributed by atoms with Gasteiger partial charge in [-0.1, -0.05) is 38.3 Å². The van der Waals surface area contributed by atoms with Gasteiger partial charge in [0.25, 0.3) is 5.91 Å². The van der Waals surface area contributed by atoms with Crippen molar-refractivity contribution in [1.29, 1.82) is 0 Å². The molecule has 1 unspecified atom stereocenters. The molecular formula is C22H25N5O3. The van der Waals surface area contributed by atoms with Crippen LogP contribution >= 0.6 is 0 Å². The van der Waals surface area contributed by atoms with Crippen LogP contribution in [0, 0.1) is 0 Å². The van der Waals surface area contributed by atoms with Crippen molar-refractivity contribution in [2.24, 2.45) is 0 Å². The number of tetrazole rings is 1. The molecule has 4 rings (SSSR count). The molecule has 0 saturated carbocycles. The molecular weight excluding hydrogens is 382 g/mol. The summed E-state index contributed by atoms with van der Waals surface area (Å²) in [6.45, 7) is 2.88. The highest BCUT2D eigenvalue weighted by Crippen LogP contribution is 2.40. The Morgan fingerprint density at radius 3 is 2.83 bits per heavy atom. The summed E-state index contributed by atoms with van der Waals surface area (Å²) in [5, 5.41) is 16.8. The van der Waals surface area contributed by atoms with Crippen LogP contribution in [-0.2, 0) is 6.42 Å². The molecule has 2 heterocycles. The van der Waals surface area contributed by atoms with Crippen LogP contribution in [0.5, 0.6) is 11.5 Å². The van der Waals surface area contributed by atoms with E-state index in [-0.39, 0.29) is 12.0 Å². The molecule has 0 saturated heterocycles. The third kappa shape index (κ3) is 4.59. The molecule has 3 aromatic rings. The zero-order valence-electron chi connectivity index (χ0n) is 16.9. The first kappa shape index (κ1) is 19.9. The van der Waals surface area contributed by atoms with Gasteiger partial charge in [0.05, 0.1) is 12.3 Å². The van der Waals surface area contributed by atoms with Crippen molar-refractivity contribution < 1.29 is 14.3 Å². The fraction of sp³-hybridized carbons (Fsp3) is 0.364. The number of aromatic nitrogens is 4. The summed E-state index contributed by atoms with van der Waals surface area (Å²) in [6.07, 6.45) is 5.00. The van der Waals surface area contributed by atoms with Crippen LogP contribution in [0.3, 0.4) is 0 Å². The number of benzene rings is 2. The number of fused-ring (bicyclic) bond motifs is 1. The molecule has 1 atom stereocenters. The molecule has 1 aliphatic rings. The smallest absolute Gasteiger partial charge is 0.255 e. The minimum Gasteiger partial charge on any atom is -0.494 e. The molecule has 0 aliphatic carbocycles. The number of hydrogen-bond donors (Lipinski definition) is 2. The molecule has 2 aromatic carbocycles. The standard InChI is InChI=1S/C22H25N5O3/c1-2-3-4-5-13-29-17-11-9-15(10-12-17)22(28)23-18-8-6-7-16-14-19(30-20(16)18)21-24-26-27-25-21/h6-12,19H,2-5,13-14H2,1H3,(H,23,28)(H,24,25,26,27). The number of H-pyrrole nitrogens is 1. The number of nitrogens with one attached hydrogen (secondary N) is 2. The lowest BCUT2D eigenvalue weighted by Gasteiger charge is -2.12. The third-order valence-corrected chi connectivity index (χ3v) is 5.06. The van der Waals surface area contributed by atoms with E-state index in [1.165, 1.54) is 19.3 Å². The summed E-state index contributed by atoms with van der Waals surface area (Å²) in [4.78, 5) is 12.7. The lowest BCUT2D eigenvalue weighted by atomic mass is 10.1. The number of carbonyl (C=O) groups excluding carboxylic acids is 1. The molecule has 0 fully saturated rings. The maximum absolute atomic E-state index is 12.7. The maximum Gasteiger partial charge on any atom is 0.255 e. The molecule has 156 valence electrons. The van der Waals surface area contributed by atoms with Crippen molar-refractivity contribution >= 4 is 11.6 Å². The largest absolute Gasteiger partial charge is 0.494 e. The van der Waals surface area contributed by atoms with E-state index >= 15 is 0 Å². The van der Waals surface area contributed by atoms with Gasteiger partial charge >= 0.3 is 0 Å². The molecule has 0 radical (unpaired) electrons. The second-order valence-corrected chi connectivity index (χ2v) is 7.28. The topological polar surface area (TPSA) is 102 Å². The molecule has 1 aromatic heterocycles. The summed E-state index contributed by atoms with van der Waals surface area (Å²) in [7, 11) is 0. The zero-order chi connectivity index (χ0) is 20.8. The van der Waals surface area contributed by atoms with Crippen LogP contribution in [0.2, 0.25) is 0 Å². The number of para-hydroxylation sites is 1. The van der Waals surface area contributed by atoms with Crippen molar-refractivity contribution in [1.82, 2.24) is 20.6 Å². The van der Waals surface area contributed by atoms with Crippen molar-refractivity contribution in [3.8, 4) is 11.5 Å². The first-order chi connectivity index (χ1) is 14.7. The van der Waals surface area contributed by atoms with Crippen LogP contribution in [0.1, 0.15) is 60.5 Å². The van der Waals surface area contributed by atoms with Crippen molar-refractivity contribution in [2.75, 3.05) is 11.9 Å². The normalized spacial score (nSPS) is 14.8. The first-order valence-corrected chi connectivity index (χ1v) is 10.3. The van der Waals surface area contributed by atoms with Gasteiger partial charge in [0.15, 0.2) is 11.9 Å². The van der Waals surface area contributed by atoms with Gasteiger partial charge in [-0.05, 0) is 47.2 Å². The summed E-state index contributed by atoms with van der Waals surface area (Å²) >= 11 is 0. The van der Waals surface area contributed by atoms with E-state index in [1.807, 2.05) is 30.3 Å². The Balaban J connectivity index is 1.37. The Hall–Kier alpha value is -3.42. The number of rotatable bonds is 9. The highest BCUT2D eigenvalue weighted by Gasteiger charge is 2.29. The minimum absolute atomic E-state index is 0.203.